The third-order valence-electron chi connectivity index (χ3n) is 4.11. The zero-order chi connectivity index (χ0) is 21.3. The average molecular weight is 436 g/mol. The second-order valence-electron chi connectivity index (χ2n) is 6.20. The van der Waals surface area contributed by atoms with Crippen LogP contribution in [0.25, 0.3) is 22.0 Å². The molecule has 0 bridgehead atoms. The van der Waals surface area contributed by atoms with Gasteiger partial charge in [0.05, 0.1) is 22.0 Å². The number of amides is 1. The van der Waals surface area contributed by atoms with Crippen LogP contribution in [0.2, 0.25) is 10.2 Å². The van der Waals surface area contributed by atoms with Crippen LogP contribution >= 0.6 is 23.2 Å². The van der Waals surface area contributed by atoms with Gasteiger partial charge >= 0.3 is 6.09 Å². The maximum Gasteiger partial charge on any atom is 0.416 e. The van der Waals surface area contributed by atoms with Gasteiger partial charge in [-0.05, 0) is 38.1 Å². The molecule has 2 aromatic heterocycles. The molecular weight excluding hydrogens is 420 g/mol. The maximum atomic E-state index is 14.3. The molecular formula is C20H16Cl2FN3O3. The van der Waals surface area contributed by atoms with Crippen LogP contribution in [0.3, 0.4) is 0 Å². The van der Waals surface area contributed by atoms with Crippen molar-refractivity contribution < 1.29 is 13.9 Å². The molecule has 0 saturated heterocycles. The first kappa shape index (κ1) is 20.8. The summed E-state index contributed by atoms with van der Waals surface area (Å²) < 4.78 is 20.6. The van der Waals surface area contributed by atoms with Crippen LogP contribution in [0.5, 0.6) is 0 Å². The number of ether oxygens (including phenoxy) is 1. The van der Waals surface area contributed by atoms with Gasteiger partial charge in [-0.2, -0.15) is 0 Å². The summed E-state index contributed by atoms with van der Waals surface area (Å²) in [7, 11) is 0. The van der Waals surface area contributed by atoms with Crippen molar-refractivity contribution in [1.82, 2.24) is 9.55 Å². The molecule has 150 valence electrons. The predicted molar refractivity (Wildman–Crippen MR) is 112 cm³/mol. The first-order valence-corrected chi connectivity index (χ1v) is 9.29. The first-order valence-electron chi connectivity index (χ1n) is 8.54. The van der Waals surface area contributed by atoms with E-state index in [1.807, 2.05) is 6.92 Å². The SMILES string of the molecule is C=C(C)OC(=O)Nc1cc(-c2cc3cnc(Cl)cc3n(CC)c2=O)c(Cl)cc1F. The van der Waals surface area contributed by atoms with E-state index in [0.717, 1.165) is 6.07 Å². The number of benzene rings is 1. The standard InChI is InChI=1S/C20H16Cl2FN3O3/c1-4-26-17-8-18(22)24-9-11(17)5-13(19(26)27)12-6-16(15(23)7-14(12)21)25-20(28)29-10(2)3/h5-9H,2,4H2,1,3H3,(H,25,28). The molecule has 3 aromatic rings. The molecule has 0 aliphatic heterocycles. The summed E-state index contributed by atoms with van der Waals surface area (Å²) in [6.45, 7) is 7.11. The minimum Gasteiger partial charge on any atom is -0.416 e. The number of halogens is 3. The Morgan fingerprint density at radius 1 is 1.28 bits per heavy atom. The molecule has 0 radical (unpaired) electrons. The maximum absolute atomic E-state index is 14.3. The lowest BCUT2D eigenvalue weighted by Crippen LogP contribution is -2.21. The lowest BCUT2D eigenvalue weighted by molar-refractivity contribution is 0.192. The van der Waals surface area contributed by atoms with Crippen LogP contribution in [-0.4, -0.2) is 15.6 Å². The molecule has 0 saturated carbocycles. The average Bonchev–Trinajstić information content (AvgIpc) is 2.63. The number of anilines is 1. The number of rotatable bonds is 4. The molecule has 2 heterocycles. The monoisotopic (exact) mass is 435 g/mol. The molecule has 0 unspecified atom stereocenters. The van der Waals surface area contributed by atoms with Crippen molar-refractivity contribution >= 4 is 45.9 Å². The van der Waals surface area contributed by atoms with E-state index < -0.39 is 11.9 Å². The number of hydrogen-bond donors (Lipinski definition) is 1. The smallest absolute Gasteiger partial charge is 0.416 e. The largest absolute Gasteiger partial charge is 0.416 e. The number of nitrogens with zero attached hydrogens (tertiary/aromatic N) is 2. The Bertz CT molecular complexity index is 1210. The summed E-state index contributed by atoms with van der Waals surface area (Å²) in [5, 5.41) is 3.21. The summed E-state index contributed by atoms with van der Waals surface area (Å²) in [5.74, 6) is -0.633. The van der Waals surface area contributed by atoms with E-state index in [9.17, 15) is 14.0 Å². The second-order valence-corrected chi connectivity index (χ2v) is 7.00. The highest BCUT2D eigenvalue weighted by molar-refractivity contribution is 6.33. The number of carbonyl (C=O) groups is 1. The van der Waals surface area contributed by atoms with Gasteiger partial charge in [-0.1, -0.05) is 29.8 Å². The number of pyridine rings is 2. The van der Waals surface area contributed by atoms with E-state index in [1.54, 1.807) is 12.1 Å². The molecule has 1 N–H and O–H groups in total. The Morgan fingerprint density at radius 3 is 2.66 bits per heavy atom. The number of carbonyl (C=O) groups excluding carboxylic acids is 1. The number of allylic oxidation sites excluding steroid dienone is 1. The topological polar surface area (TPSA) is 73.2 Å². The quantitative estimate of drug-likeness (QED) is 0.426. The van der Waals surface area contributed by atoms with Gasteiger partial charge < -0.3 is 9.30 Å². The second kappa shape index (κ2) is 8.23. The molecule has 1 aromatic carbocycles. The molecule has 29 heavy (non-hydrogen) atoms. The first-order chi connectivity index (χ1) is 13.7. The van der Waals surface area contributed by atoms with Crippen LogP contribution in [0, 0.1) is 5.82 Å². The van der Waals surface area contributed by atoms with Gasteiger partial charge in [-0.3, -0.25) is 10.1 Å². The van der Waals surface area contributed by atoms with Crippen LogP contribution in [-0.2, 0) is 11.3 Å². The predicted octanol–water partition coefficient (Wildman–Crippen LogP) is 5.61. The van der Waals surface area contributed by atoms with E-state index >= 15 is 0 Å². The number of hydrogen-bond acceptors (Lipinski definition) is 4. The number of nitrogens with one attached hydrogen (secondary N) is 1. The van der Waals surface area contributed by atoms with E-state index in [-0.39, 0.29) is 38.3 Å². The molecule has 3 rings (SSSR count). The van der Waals surface area contributed by atoms with Gasteiger partial charge in [0.15, 0.2) is 0 Å². The summed E-state index contributed by atoms with van der Waals surface area (Å²) in [5.41, 5.74) is 0.564. The van der Waals surface area contributed by atoms with Crippen LogP contribution < -0.4 is 10.9 Å². The highest BCUT2D eigenvalue weighted by Crippen LogP contribution is 2.32. The summed E-state index contributed by atoms with van der Waals surface area (Å²) >= 11 is 12.2. The lowest BCUT2D eigenvalue weighted by atomic mass is 10.0. The Balaban J connectivity index is 2.19. The Labute approximate surface area is 175 Å². The molecule has 0 aliphatic rings. The van der Waals surface area contributed by atoms with Gasteiger partial charge in [-0.15, -0.1) is 0 Å². The van der Waals surface area contributed by atoms with Crippen molar-refractivity contribution in [2.75, 3.05) is 5.32 Å². The molecule has 0 aliphatic carbocycles. The highest BCUT2D eigenvalue weighted by Gasteiger charge is 2.18. The fraction of sp³-hybridized carbons (Fsp3) is 0.150. The van der Waals surface area contributed by atoms with E-state index in [0.29, 0.717) is 17.4 Å². The van der Waals surface area contributed by atoms with E-state index in [4.69, 9.17) is 27.9 Å². The van der Waals surface area contributed by atoms with Crippen molar-refractivity contribution in [2.45, 2.75) is 20.4 Å². The van der Waals surface area contributed by atoms with Crippen molar-refractivity contribution in [1.29, 1.82) is 0 Å². The van der Waals surface area contributed by atoms with Crippen LogP contribution in [0.15, 0.2) is 47.6 Å². The number of aromatic nitrogens is 2. The third-order valence-corrected chi connectivity index (χ3v) is 4.63. The van der Waals surface area contributed by atoms with Gasteiger partial charge in [0.1, 0.15) is 11.0 Å². The fourth-order valence-electron chi connectivity index (χ4n) is 2.90. The van der Waals surface area contributed by atoms with Crippen molar-refractivity contribution in [3.8, 4) is 11.1 Å². The molecule has 1 amide bonds. The zero-order valence-electron chi connectivity index (χ0n) is 15.6. The van der Waals surface area contributed by atoms with Crippen LogP contribution in [0.4, 0.5) is 14.9 Å². The molecule has 0 fully saturated rings. The van der Waals surface area contributed by atoms with Gasteiger partial charge in [0.25, 0.3) is 5.56 Å². The third kappa shape index (κ3) is 4.26. The van der Waals surface area contributed by atoms with Crippen molar-refractivity contribution in [3.05, 3.63) is 69.1 Å². The molecule has 0 atom stereocenters. The van der Waals surface area contributed by atoms with Gasteiger partial charge in [0, 0.05) is 29.3 Å². The highest BCUT2D eigenvalue weighted by atomic mass is 35.5. The zero-order valence-corrected chi connectivity index (χ0v) is 17.1. The fourth-order valence-corrected chi connectivity index (χ4v) is 3.30. The van der Waals surface area contributed by atoms with Gasteiger partial charge in [-0.25, -0.2) is 14.2 Å². The lowest BCUT2D eigenvalue weighted by Gasteiger charge is -2.14. The van der Waals surface area contributed by atoms with E-state index in [1.165, 1.54) is 23.8 Å². The molecule has 0 spiro atoms. The summed E-state index contributed by atoms with van der Waals surface area (Å²) in [6.07, 6.45) is 0.626. The summed E-state index contributed by atoms with van der Waals surface area (Å²) in [4.78, 5) is 28.9. The van der Waals surface area contributed by atoms with Crippen LogP contribution in [0.1, 0.15) is 13.8 Å². The normalized spacial score (nSPS) is 10.8. The number of fused-ring (bicyclic) bond motifs is 1. The number of aryl methyl sites for hydroxylation is 1. The Morgan fingerprint density at radius 2 is 2.00 bits per heavy atom. The minimum absolute atomic E-state index is 0.0161. The van der Waals surface area contributed by atoms with Gasteiger partial charge in [0.2, 0.25) is 0 Å². The minimum atomic E-state index is -0.909. The molecule has 9 heteroatoms. The van der Waals surface area contributed by atoms with Crippen molar-refractivity contribution in [3.63, 3.8) is 0 Å². The Hall–Kier alpha value is -2.90. The Kier molecular flexibility index (Phi) is 5.91. The van der Waals surface area contributed by atoms with Crippen molar-refractivity contribution in [2.24, 2.45) is 0 Å². The molecule has 6 nitrogen and oxygen atoms in total. The summed E-state index contributed by atoms with van der Waals surface area (Å²) in [6, 6.07) is 5.50. The van der Waals surface area contributed by atoms with E-state index in [2.05, 4.69) is 16.9 Å².